The summed E-state index contributed by atoms with van der Waals surface area (Å²) in [5.41, 5.74) is 4.43. The van der Waals surface area contributed by atoms with Crippen LogP contribution in [-0.4, -0.2) is 9.55 Å². The SMILES string of the molecule is [2H]c1c([2H])c([2H])c(-c2cnc(-n3c4[c-]c(Oc5[c-]c(N6[CH-]N(c7c(-c8c([2H])c([2H])c(-c9ccccc9)c([2H])c8[2H])cc(C(C)(C)C)cc7-c7c([2H])c([2H])c8c(c7[2H])C(C)(C)CCC8(C)C)c7ccccc76)ccc5)ccc4c4c([2H])c([2H])c([2H])c([2H])c43)cc2C(C)(C)C)c([2H])c1[2H].[Pt]. The van der Waals surface area contributed by atoms with Gasteiger partial charge in [0.1, 0.15) is 5.82 Å². The van der Waals surface area contributed by atoms with Crippen LogP contribution < -0.4 is 14.5 Å². The van der Waals surface area contributed by atoms with Gasteiger partial charge in [0.25, 0.3) is 0 Å². The van der Waals surface area contributed by atoms with Crippen LogP contribution in [0.2, 0.25) is 0 Å². The van der Waals surface area contributed by atoms with Gasteiger partial charge in [-0.05, 0) is 126 Å². The van der Waals surface area contributed by atoms with Crippen LogP contribution in [0.25, 0.3) is 72.1 Å². The number of hydrogen-bond donors (Lipinski definition) is 0. The first-order chi connectivity index (χ1) is 45.6. The van der Waals surface area contributed by atoms with Crippen molar-refractivity contribution in [3.63, 3.8) is 0 Å². The van der Waals surface area contributed by atoms with Gasteiger partial charge in [-0.2, -0.15) is 12.1 Å². The molecule has 0 amide bonds. The molecule has 0 saturated carbocycles. The summed E-state index contributed by atoms with van der Waals surface area (Å²) in [6.45, 7) is 21.9. The van der Waals surface area contributed by atoms with Crippen LogP contribution in [0.1, 0.15) is 126 Å². The molecular formula is C76H69N4OPt-3. The van der Waals surface area contributed by atoms with E-state index in [4.69, 9.17) is 19.3 Å². The number of ether oxygens (including phenoxy) is 1. The Morgan fingerprint density at radius 2 is 1.17 bits per heavy atom. The zero-order valence-corrected chi connectivity index (χ0v) is 49.7. The molecule has 0 unspecified atom stereocenters. The second kappa shape index (κ2) is 20.8. The average Bonchev–Trinajstić information content (AvgIpc) is 1.02. The molecular weight excluding hydrogens is 1180 g/mol. The first-order valence-corrected chi connectivity index (χ1v) is 27.3. The molecule has 1 aliphatic heterocycles. The number of para-hydroxylation sites is 3. The summed E-state index contributed by atoms with van der Waals surface area (Å²) >= 11 is 0. The van der Waals surface area contributed by atoms with Gasteiger partial charge in [-0.1, -0.05) is 208 Å². The van der Waals surface area contributed by atoms with Crippen LogP contribution in [0, 0.1) is 18.8 Å². The van der Waals surface area contributed by atoms with Crippen molar-refractivity contribution in [1.82, 2.24) is 9.55 Å². The first-order valence-electron chi connectivity index (χ1n) is 35.3. The Kier molecular flexibility index (Phi) is 9.80. The van der Waals surface area contributed by atoms with Gasteiger partial charge in [0.05, 0.1) is 21.9 Å². The maximum Gasteiger partial charge on any atom is 0.135 e. The standard InChI is InChI=1S/C76H69N4O.Pt/c1-73(2,3)55-43-61(53-34-32-51(33-35-53)50-22-13-11-14-23-50)72(62(44-55)54-36-39-64-66(42-54)76(9,10)41-40-75(64,7)8)79-49-78(68-30-19-20-31-69(68)79)56-26-21-27-57(45-56)81-58-37-38-60-59-28-17-18-29-67(59)80(70(60)46-58)71-47-65(74(4,5)6)63(48-77-71)52-24-15-12-16-25-52;/h11-39,42-44,47-49H,40-41H2,1-10H3;/q-3;/i12D,15D,16D,17D,18D,24D,25D,28D,29D,32D,33D,34D,35D,36D,39D,42D;. The maximum atomic E-state index is 10.4. The van der Waals surface area contributed by atoms with Gasteiger partial charge in [0.2, 0.25) is 0 Å². The molecule has 0 N–H and O–H groups in total. The Bertz CT molecular complexity index is 5130. The quantitative estimate of drug-likeness (QED) is 0.135. The zero-order chi connectivity index (χ0) is 69.9. The van der Waals surface area contributed by atoms with E-state index in [1.54, 1.807) is 59.2 Å². The van der Waals surface area contributed by atoms with Gasteiger partial charge in [0, 0.05) is 78.0 Å². The normalized spacial score (nSPS) is 17.3. The van der Waals surface area contributed by atoms with Crippen molar-refractivity contribution in [2.24, 2.45) is 0 Å². The second-order valence-corrected chi connectivity index (χ2v) is 24.4. The smallest absolute Gasteiger partial charge is 0.135 e. The van der Waals surface area contributed by atoms with Crippen LogP contribution in [-0.2, 0) is 42.7 Å². The van der Waals surface area contributed by atoms with E-state index in [1.165, 1.54) is 6.20 Å². The molecule has 0 saturated heterocycles. The van der Waals surface area contributed by atoms with E-state index in [1.807, 2.05) is 107 Å². The third kappa shape index (κ3) is 9.85. The second-order valence-electron chi connectivity index (χ2n) is 24.4. The van der Waals surface area contributed by atoms with Crippen molar-refractivity contribution in [2.45, 2.75) is 104 Å². The molecule has 0 bridgehead atoms. The number of pyridine rings is 1. The molecule has 2 aliphatic rings. The molecule has 0 spiro atoms. The predicted octanol–water partition coefficient (Wildman–Crippen LogP) is 20.6. The topological polar surface area (TPSA) is 33.5 Å². The molecule has 5 nitrogen and oxygen atoms in total. The predicted molar refractivity (Wildman–Crippen MR) is 339 cm³/mol. The molecule has 0 atom stereocenters. The van der Waals surface area contributed by atoms with Crippen LogP contribution in [0.4, 0.5) is 22.7 Å². The van der Waals surface area contributed by atoms with Crippen molar-refractivity contribution < 1.29 is 47.7 Å². The van der Waals surface area contributed by atoms with Gasteiger partial charge >= 0.3 is 0 Å². The minimum atomic E-state index is -0.733. The third-order valence-electron chi connectivity index (χ3n) is 15.8. The summed E-state index contributed by atoms with van der Waals surface area (Å²) < 4.78 is 157. The number of fused-ring (bicyclic) bond motifs is 5. The van der Waals surface area contributed by atoms with Gasteiger partial charge < -0.3 is 19.1 Å². The fourth-order valence-corrected chi connectivity index (χ4v) is 11.3. The number of anilines is 4. The Morgan fingerprint density at radius 1 is 0.549 bits per heavy atom. The summed E-state index contributed by atoms with van der Waals surface area (Å²) in [4.78, 5) is 8.62. The Balaban J connectivity index is 0.00000914. The van der Waals surface area contributed by atoms with E-state index in [2.05, 4.69) is 39.8 Å². The van der Waals surface area contributed by atoms with E-state index in [0.717, 1.165) is 18.4 Å². The van der Waals surface area contributed by atoms with Crippen LogP contribution in [0.5, 0.6) is 11.5 Å². The van der Waals surface area contributed by atoms with Crippen molar-refractivity contribution >= 4 is 44.6 Å². The molecule has 2 aromatic heterocycles. The van der Waals surface area contributed by atoms with E-state index < -0.39 is 64.0 Å². The van der Waals surface area contributed by atoms with Gasteiger partial charge in [-0.25, -0.2) is 4.98 Å². The molecule has 82 heavy (non-hydrogen) atoms. The van der Waals surface area contributed by atoms with E-state index in [0.29, 0.717) is 61.5 Å². The first kappa shape index (κ1) is 38.7. The van der Waals surface area contributed by atoms with Gasteiger partial charge in [-0.3, -0.25) is 0 Å². The number of benzene rings is 9. The number of aromatic nitrogens is 2. The summed E-state index contributed by atoms with van der Waals surface area (Å²) in [6.07, 6.45) is 2.91. The number of rotatable bonds is 9. The average molecular weight is 1270 g/mol. The largest absolute Gasteiger partial charge is 0.509 e. The minimum Gasteiger partial charge on any atom is -0.509 e. The van der Waals surface area contributed by atoms with E-state index in [9.17, 15) is 12.3 Å². The molecule has 6 heteroatoms. The van der Waals surface area contributed by atoms with E-state index in [-0.39, 0.29) is 137 Å². The van der Waals surface area contributed by atoms with Gasteiger partial charge in [-0.15, -0.1) is 48.1 Å². The Labute approximate surface area is 522 Å². The summed E-state index contributed by atoms with van der Waals surface area (Å²) in [5.74, 6) is 0.576. The Hall–Kier alpha value is -7.98. The summed E-state index contributed by atoms with van der Waals surface area (Å²) in [6, 6.07) is 32.4. The monoisotopic (exact) mass is 1260 g/mol. The third-order valence-corrected chi connectivity index (χ3v) is 15.8. The molecule has 412 valence electrons. The molecule has 3 heterocycles. The molecule has 13 rings (SSSR count). The van der Waals surface area contributed by atoms with Crippen molar-refractivity contribution in [3.05, 3.63) is 247 Å². The minimum absolute atomic E-state index is 0. The molecule has 0 radical (unpaired) electrons. The van der Waals surface area contributed by atoms with Crippen molar-refractivity contribution in [2.75, 3.05) is 9.80 Å². The Morgan fingerprint density at radius 3 is 1.89 bits per heavy atom. The maximum absolute atomic E-state index is 10.4. The summed E-state index contributed by atoms with van der Waals surface area (Å²) in [5, 5.41) is 0.591. The van der Waals surface area contributed by atoms with Crippen LogP contribution in [0.3, 0.4) is 0 Å². The number of hydrogen-bond acceptors (Lipinski definition) is 4. The fraction of sp³-hybridized carbons (Fsp3) is 0.211. The van der Waals surface area contributed by atoms with E-state index >= 15 is 0 Å². The molecule has 1 aliphatic carbocycles. The molecule has 0 fully saturated rings. The summed E-state index contributed by atoms with van der Waals surface area (Å²) in [7, 11) is 0. The number of nitrogens with zero attached hydrogens (tertiary/aromatic N) is 4. The fourth-order valence-electron chi connectivity index (χ4n) is 11.3. The van der Waals surface area contributed by atoms with Crippen LogP contribution in [0.15, 0.2) is 206 Å². The van der Waals surface area contributed by atoms with Crippen molar-refractivity contribution in [3.8, 4) is 61.8 Å². The van der Waals surface area contributed by atoms with Gasteiger partial charge in [0.15, 0.2) is 0 Å². The molecule has 9 aromatic carbocycles. The zero-order valence-electron chi connectivity index (χ0n) is 63.4. The van der Waals surface area contributed by atoms with Crippen LogP contribution >= 0.6 is 0 Å². The molecule has 11 aromatic rings. The van der Waals surface area contributed by atoms with Crippen molar-refractivity contribution in [1.29, 1.82) is 0 Å².